The summed E-state index contributed by atoms with van der Waals surface area (Å²) < 4.78 is 1.13. The minimum absolute atomic E-state index is 0. The van der Waals surface area contributed by atoms with Crippen LogP contribution in [0.25, 0.3) is 10.9 Å². The van der Waals surface area contributed by atoms with Crippen LogP contribution < -0.4 is 22.3 Å². The Morgan fingerprint density at radius 3 is 2.80 bits per heavy atom. The van der Waals surface area contributed by atoms with E-state index in [-0.39, 0.29) is 29.9 Å². The number of H-pyrrole nitrogens is 1. The third kappa shape index (κ3) is 3.62. The van der Waals surface area contributed by atoms with Crippen LogP contribution in [0.2, 0.25) is 0 Å². The zero-order chi connectivity index (χ0) is 17.3. The van der Waals surface area contributed by atoms with Gasteiger partial charge in [0.15, 0.2) is 0 Å². The van der Waals surface area contributed by atoms with Gasteiger partial charge in [0.25, 0.3) is 11.5 Å². The SMILES string of the molecule is CCn1c(=O)[nH]c2cc(C(=O)NC3CCCC3CN)ccc2c1=O.Cl. The van der Waals surface area contributed by atoms with Crippen LogP contribution in [-0.2, 0) is 6.54 Å². The van der Waals surface area contributed by atoms with Gasteiger partial charge < -0.3 is 16.0 Å². The molecule has 1 fully saturated rings. The molecule has 1 aliphatic rings. The number of carbonyl (C=O) groups is 1. The van der Waals surface area contributed by atoms with Gasteiger partial charge in [-0.1, -0.05) is 6.42 Å². The molecule has 25 heavy (non-hydrogen) atoms. The van der Waals surface area contributed by atoms with Crippen LogP contribution in [0, 0.1) is 5.92 Å². The number of hydrogen-bond donors (Lipinski definition) is 3. The molecule has 8 heteroatoms. The van der Waals surface area contributed by atoms with Gasteiger partial charge in [0.1, 0.15) is 0 Å². The first-order valence-electron chi connectivity index (χ1n) is 8.33. The van der Waals surface area contributed by atoms with Gasteiger partial charge in [-0.3, -0.25) is 14.2 Å². The van der Waals surface area contributed by atoms with Gasteiger partial charge in [0.2, 0.25) is 0 Å². The number of aromatic nitrogens is 2. The fourth-order valence-corrected chi connectivity index (χ4v) is 3.44. The summed E-state index contributed by atoms with van der Waals surface area (Å²) >= 11 is 0. The third-order valence-corrected chi connectivity index (χ3v) is 4.84. The molecule has 0 bridgehead atoms. The standard InChI is InChI=1S/C17H22N4O3.ClH/c1-2-21-16(23)12-7-6-10(8-14(12)20-17(21)24)15(22)19-13-5-3-4-11(13)9-18;/h6-8,11,13H,2-5,9,18H2,1H3,(H,19,22)(H,20,24);1H. The van der Waals surface area contributed by atoms with E-state index >= 15 is 0 Å². The monoisotopic (exact) mass is 366 g/mol. The largest absolute Gasteiger partial charge is 0.349 e. The van der Waals surface area contributed by atoms with E-state index in [0.717, 1.165) is 23.8 Å². The molecule has 4 N–H and O–H groups in total. The molecule has 0 spiro atoms. The van der Waals surface area contributed by atoms with Crippen molar-refractivity contribution in [3.05, 3.63) is 44.6 Å². The first kappa shape index (κ1) is 19.2. The molecule has 3 rings (SSSR count). The molecule has 0 aliphatic heterocycles. The van der Waals surface area contributed by atoms with E-state index in [4.69, 9.17) is 5.73 Å². The highest BCUT2D eigenvalue weighted by Gasteiger charge is 2.27. The predicted octanol–water partition coefficient (Wildman–Crippen LogP) is 0.989. The highest BCUT2D eigenvalue weighted by atomic mass is 35.5. The molecule has 1 amide bonds. The molecule has 0 radical (unpaired) electrons. The van der Waals surface area contributed by atoms with Crippen molar-refractivity contribution < 1.29 is 4.79 Å². The third-order valence-electron chi connectivity index (χ3n) is 4.84. The lowest BCUT2D eigenvalue weighted by Gasteiger charge is -2.19. The van der Waals surface area contributed by atoms with E-state index in [1.807, 2.05) is 0 Å². The Balaban J connectivity index is 0.00000225. The minimum Gasteiger partial charge on any atom is -0.349 e. The van der Waals surface area contributed by atoms with E-state index in [2.05, 4.69) is 10.3 Å². The number of nitrogens with zero attached hydrogens (tertiary/aromatic N) is 1. The molecule has 2 aromatic rings. The Labute approximate surface area is 151 Å². The van der Waals surface area contributed by atoms with Gasteiger partial charge in [-0.2, -0.15) is 0 Å². The van der Waals surface area contributed by atoms with Crippen molar-refractivity contribution in [1.29, 1.82) is 0 Å². The van der Waals surface area contributed by atoms with Gasteiger partial charge in [-0.05, 0) is 50.4 Å². The molecule has 1 saturated carbocycles. The zero-order valence-electron chi connectivity index (χ0n) is 14.1. The van der Waals surface area contributed by atoms with Gasteiger partial charge in [-0.25, -0.2) is 4.79 Å². The summed E-state index contributed by atoms with van der Waals surface area (Å²) in [6.07, 6.45) is 3.02. The first-order chi connectivity index (χ1) is 11.5. The maximum absolute atomic E-state index is 12.5. The summed E-state index contributed by atoms with van der Waals surface area (Å²) in [5.74, 6) is 0.105. The topological polar surface area (TPSA) is 110 Å². The van der Waals surface area contributed by atoms with Crippen molar-refractivity contribution in [1.82, 2.24) is 14.9 Å². The Kier molecular flexibility index (Phi) is 6.02. The second-order valence-electron chi connectivity index (χ2n) is 6.25. The summed E-state index contributed by atoms with van der Waals surface area (Å²) in [5.41, 5.74) is 5.74. The van der Waals surface area contributed by atoms with Crippen LogP contribution in [0.15, 0.2) is 27.8 Å². The van der Waals surface area contributed by atoms with Crippen molar-refractivity contribution in [2.75, 3.05) is 6.54 Å². The predicted molar refractivity (Wildman–Crippen MR) is 99.4 cm³/mol. The molecule has 1 aromatic carbocycles. The van der Waals surface area contributed by atoms with Crippen LogP contribution in [0.3, 0.4) is 0 Å². The highest BCUT2D eigenvalue weighted by Crippen LogP contribution is 2.25. The van der Waals surface area contributed by atoms with Crippen LogP contribution in [0.4, 0.5) is 0 Å². The molecule has 1 heterocycles. The lowest BCUT2D eigenvalue weighted by atomic mass is 10.0. The Bertz CT molecular complexity index is 890. The van der Waals surface area contributed by atoms with Crippen LogP contribution >= 0.6 is 12.4 Å². The van der Waals surface area contributed by atoms with Crippen molar-refractivity contribution in [3.8, 4) is 0 Å². The fraction of sp³-hybridized carbons (Fsp3) is 0.471. The first-order valence-corrected chi connectivity index (χ1v) is 8.33. The number of amides is 1. The normalized spacial score (nSPS) is 19.6. The minimum atomic E-state index is -0.466. The summed E-state index contributed by atoms with van der Waals surface area (Å²) in [6.45, 7) is 2.60. The second kappa shape index (κ2) is 7.84. The molecular weight excluding hydrogens is 344 g/mol. The smallest absolute Gasteiger partial charge is 0.328 e. The van der Waals surface area contributed by atoms with Crippen LogP contribution in [-0.4, -0.2) is 28.0 Å². The number of carbonyl (C=O) groups excluding carboxylic acids is 1. The molecule has 2 unspecified atom stereocenters. The number of aromatic amines is 1. The van der Waals surface area contributed by atoms with Gasteiger partial charge in [0, 0.05) is 18.2 Å². The van der Waals surface area contributed by atoms with Crippen molar-refractivity contribution >= 4 is 29.2 Å². The molecule has 0 saturated heterocycles. The molecule has 7 nitrogen and oxygen atoms in total. The highest BCUT2D eigenvalue weighted by molar-refractivity contribution is 5.97. The number of nitrogens with two attached hydrogens (primary N) is 1. The number of rotatable bonds is 4. The second-order valence-corrected chi connectivity index (χ2v) is 6.25. The quantitative estimate of drug-likeness (QED) is 0.749. The van der Waals surface area contributed by atoms with Crippen molar-refractivity contribution in [2.45, 2.75) is 38.8 Å². The summed E-state index contributed by atoms with van der Waals surface area (Å²) in [5, 5.41) is 3.42. The Morgan fingerprint density at radius 1 is 1.36 bits per heavy atom. The molecule has 2 atom stereocenters. The number of nitrogens with one attached hydrogen (secondary N) is 2. The van der Waals surface area contributed by atoms with Crippen LogP contribution in [0.1, 0.15) is 36.5 Å². The number of hydrogen-bond acceptors (Lipinski definition) is 4. The molecule has 136 valence electrons. The van der Waals surface area contributed by atoms with E-state index < -0.39 is 5.69 Å². The van der Waals surface area contributed by atoms with E-state index in [0.29, 0.717) is 35.5 Å². The Hall–Kier alpha value is -2.12. The summed E-state index contributed by atoms with van der Waals surface area (Å²) in [4.78, 5) is 39.3. The Morgan fingerprint density at radius 2 is 2.12 bits per heavy atom. The van der Waals surface area contributed by atoms with Gasteiger partial charge >= 0.3 is 5.69 Å². The average Bonchev–Trinajstić information content (AvgIpc) is 3.01. The molecular formula is C17H23ClN4O3. The fourth-order valence-electron chi connectivity index (χ4n) is 3.44. The van der Waals surface area contributed by atoms with Crippen molar-refractivity contribution in [2.24, 2.45) is 11.7 Å². The molecule has 1 aliphatic carbocycles. The number of fused-ring (bicyclic) bond motifs is 1. The lowest BCUT2D eigenvalue weighted by molar-refractivity contribution is 0.0929. The zero-order valence-corrected chi connectivity index (χ0v) is 14.9. The number of halogens is 1. The summed E-state index contributed by atoms with van der Waals surface area (Å²) in [7, 11) is 0. The van der Waals surface area contributed by atoms with Gasteiger partial charge in [0.05, 0.1) is 10.9 Å². The van der Waals surface area contributed by atoms with Gasteiger partial charge in [-0.15, -0.1) is 12.4 Å². The molecule has 1 aromatic heterocycles. The van der Waals surface area contributed by atoms with Crippen LogP contribution in [0.5, 0.6) is 0 Å². The maximum Gasteiger partial charge on any atom is 0.328 e. The summed E-state index contributed by atoms with van der Waals surface area (Å²) in [6, 6.07) is 4.85. The van der Waals surface area contributed by atoms with E-state index in [1.54, 1.807) is 25.1 Å². The van der Waals surface area contributed by atoms with E-state index in [1.165, 1.54) is 0 Å². The average molecular weight is 367 g/mol. The maximum atomic E-state index is 12.5. The number of benzene rings is 1. The van der Waals surface area contributed by atoms with Crippen molar-refractivity contribution in [3.63, 3.8) is 0 Å². The lowest BCUT2D eigenvalue weighted by Crippen LogP contribution is -2.40. The van der Waals surface area contributed by atoms with E-state index in [9.17, 15) is 14.4 Å².